The molecule has 1 saturated carbocycles. The summed E-state index contributed by atoms with van der Waals surface area (Å²) in [5, 5.41) is 13.5. The molecule has 0 radical (unpaired) electrons. The second-order valence-corrected chi connectivity index (χ2v) is 10.1. The van der Waals surface area contributed by atoms with E-state index in [9.17, 15) is 19.5 Å². The second-order valence-electron chi connectivity index (χ2n) is 10.1. The third-order valence-electron chi connectivity index (χ3n) is 7.68. The number of ether oxygens (including phenoxy) is 1. The number of aromatic nitrogens is 1. The molecule has 1 amide bonds. The fourth-order valence-corrected chi connectivity index (χ4v) is 5.62. The minimum Gasteiger partial charge on any atom is -0.492 e. The Hall–Kier alpha value is -4.45. The van der Waals surface area contributed by atoms with Crippen LogP contribution in [-0.2, 0) is 9.63 Å². The molecule has 2 aromatic carbocycles. The first-order chi connectivity index (χ1) is 19.3. The monoisotopic (exact) mass is 549 g/mol. The van der Waals surface area contributed by atoms with Gasteiger partial charge in [-0.1, -0.05) is 23.4 Å². The molecule has 1 saturated heterocycles. The van der Waals surface area contributed by atoms with E-state index in [1.807, 2.05) is 29.2 Å². The third kappa shape index (κ3) is 4.15. The van der Waals surface area contributed by atoms with Crippen LogP contribution in [0.15, 0.2) is 46.5 Å². The molecule has 2 fully saturated rings. The van der Waals surface area contributed by atoms with E-state index in [-0.39, 0.29) is 40.0 Å². The zero-order valence-electron chi connectivity index (χ0n) is 22.1. The van der Waals surface area contributed by atoms with Gasteiger partial charge in [0, 0.05) is 44.0 Å². The molecule has 208 valence electrons. The topological polar surface area (TPSA) is 117 Å². The Morgan fingerprint density at radius 1 is 1.12 bits per heavy atom. The Morgan fingerprint density at radius 2 is 1.85 bits per heavy atom. The first-order valence-corrected chi connectivity index (χ1v) is 13.0. The predicted octanol–water partition coefficient (Wildman–Crippen LogP) is 2.66. The van der Waals surface area contributed by atoms with Crippen molar-refractivity contribution < 1.29 is 28.7 Å². The quantitative estimate of drug-likeness (QED) is 0.447. The van der Waals surface area contributed by atoms with Crippen LogP contribution in [0.25, 0.3) is 10.9 Å². The number of amides is 1. The number of rotatable bonds is 7. The molecule has 1 aliphatic carbocycles. The molecule has 2 aliphatic heterocycles. The molecule has 0 bridgehead atoms. The minimum absolute atomic E-state index is 0.0109. The van der Waals surface area contributed by atoms with Gasteiger partial charge in [-0.3, -0.25) is 19.4 Å². The minimum atomic E-state index is -1.35. The number of fused-ring (bicyclic) bond motifs is 2. The van der Waals surface area contributed by atoms with Crippen LogP contribution in [0.3, 0.4) is 0 Å². The number of carboxylic acid groups (broad SMARTS) is 1. The first kappa shape index (κ1) is 25.8. The highest BCUT2D eigenvalue weighted by Crippen LogP contribution is 2.44. The lowest BCUT2D eigenvalue weighted by molar-refractivity contribution is -0.112. The molecule has 1 N–H and O–H groups in total. The van der Waals surface area contributed by atoms with E-state index in [4.69, 9.17) is 9.57 Å². The van der Waals surface area contributed by atoms with Gasteiger partial charge in [0.25, 0.3) is 5.91 Å². The zero-order chi connectivity index (χ0) is 28.1. The lowest BCUT2D eigenvalue weighted by atomic mass is 10.1. The molecule has 12 heteroatoms. The molecule has 3 heterocycles. The summed E-state index contributed by atoms with van der Waals surface area (Å²) in [6.07, 6.45) is 3.01. The van der Waals surface area contributed by atoms with E-state index in [0.717, 1.165) is 24.6 Å². The lowest BCUT2D eigenvalue weighted by Crippen LogP contribution is -2.51. The summed E-state index contributed by atoms with van der Waals surface area (Å²) in [5.74, 6) is -2.02. The largest absolute Gasteiger partial charge is 0.492 e. The maximum absolute atomic E-state index is 15.7. The number of methoxy groups -OCH3 is 1. The summed E-state index contributed by atoms with van der Waals surface area (Å²) in [6, 6.07) is 8.56. The van der Waals surface area contributed by atoms with Crippen molar-refractivity contribution >= 4 is 39.9 Å². The Kier molecular flexibility index (Phi) is 6.41. The maximum Gasteiger partial charge on any atom is 0.341 e. The summed E-state index contributed by atoms with van der Waals surface area (Å²) >= 11 is 0. The highest BCUT2D eigenvalue weighted by atomic mass is 19.1. The van der Waals surface area contributed by atoms with Crippen LogP contribution in [0.2, 0.25) is 0 Å². The summed E-state index contributed by atoms with van der Waals surface area (Å²) in [6.45, 7) is 2.31. The average molecular weight is 550 g/mol. The van der Waals surface area contributed by atoms with Crippen LogP contribution in [0.4, 0.5) is 15.8 Å². The van der Waals surface area contributed by atoms with E-state index >= 15 is 4.39 Å². The van der Waals surface area contributed by atoms with Crippen molar-refractivity contribution in [3.63, 3.8) is 0 Å². The van der Waals surface area contributed by atoms with E-state index < -0.39 is 17.2 Å². The Morgan fingerprint density at radius 3 is 2.50 bits per heavy atom. The molecule has 3 aromatic rings. The molecular weight excluding hydrogens is 521 g/mol. The number of oxime groups is 1. The SMILES string of the molecule is CO/N=C1/C(=O)N(CN2CCN(c3c(F)cc4c(=O)c(C(=O)O)cn(C5CC5)c4c3OC)CC2)c2ccccc21. The standard InChI is InChI=1S/C28H28FN5O6/c1-39-26-23-18(25(35)19(28(37)38)14-33(23)16-7-8-16)13-20(29)24(26)32-11-9-31(10-12-32)15-34-21-6-4-3-5-17(21)22(27(34)36)30-40-2/h3-6,13-14,16H,7-12,15H2,1-2H3,(H,37,38)/b30-22+. The number of pyridine rings is 1. The van der Waals surface area contributed by atoms with Crippen molar-refractivity contribution in [2.75, 3.05) is 56.9 Å². The number of carboxylic acids is 1. The van der Waals surface area contributed by atoms with Gasteiger partial charge in [-0.25, -0.2) is 9.18 Å². The van der Waals surface area contributed by atoms with E-state index in [1.165, 1.54) is 20.4 Å². The van der Waals surface area contributed by atoms with Crippen molar-refractivity contribution in [3.05, 3.63) is 63.7 Å². The second kappa shape index (κ2) is 9.94. The summed E-state index contributed by atoms with van der Waals surface area (Å²) in [7, 11) is 2.83. The van der Waals surface area contributed by atoms with Crippen LogP contribution in [-0.4, -0.2) is 79.2 Å². The zero-order valence-corrected chi connectivity index (χ0v) is 22.1. The van der Waals surface area contributed by atoms with Gasteiger partial charge in [0.1, 0.15) is 18.4 Å². The predicted molar refractivity (Wildman–Crippen MR) is 146 cm³/mol. The highest BCUT2D eigenvalue weighted by Gasteiger charge is 2.37. The molecule has 0 atom stereocenters. The molecule has 0 spiro atoms. The molecule has 0 unspecified atom stereocenters. The number of halogens is 1. The fraction of sp³-hybridized carbons (Fsp3) is 0.357. The number of carbonyl (C=O) groups excluding carboxylic acids is 1. The van der Waals surface area contributed by atoms with E-state index in [2.05, 4.69) is 10.1 Å². The van der Waals surface area contributed by atoms with Gasteiger partial charge in [0.2, 0.25) is 5.43 Å². The third-order valence-corrected chi connectivity index (χ3v) is 7.68. The van der Waals surface area contributed by atoms with Gasteiger partial charge in [-0.15, -0.1) is 0 Å². The number of hydrogen-bond donors (Lipinski definition) is 1. The Bertz CT molecular complexity index is 1620. The van der Waals surface area contributed by atoms with Gasteiger partial charge < -0.3 is 24.1 Å². The van der Waals surface area contributed by atoms with E-state index in [0.29, 0.717) is 43.9 Å². The molecule has 11 nitrogen and oxygen atoms in total. The van der Waals surface area contributed by atoms with Crippen molar-refractivity contribution in [1.29, 1.82) is 0 Å². The molecule has 40 heavy (non-hydrogen) atoms. The smallest absolute Gasteiger partial charge is 0.341 e. The molecule has 1 aromatic heterocycles. The van der Waals surface area contributed by atoms with Crippen molar-refractivity contribution in [2.24, 2.45) is 5.16 Å². The van der Waals surface area contributed by atoms with Gasteiger partial charge in [0.05, 0.1) is 30.4 Å². The summed E-state index contributed by atoms with van der Waals surface area (Å²) < 4.78 is 23.1. The lowest BCUT2D eigenvalue weighted by Gasteiger charge is -2.38. The normalized spacial score (nSPS) is 18.5. The van der Waals surface area contributed by atoms with Crippen LogP contribution < -0.4 is 20.0 Å². The number of para-hydroxylation sites is 1. The van der Waals surface area contributed by atoms with Crippen LogP contribution in [0, 0.1) is 5.82 Å². The van der Waals surface area contributed by atoms with Gasteiger partial charge in [-0.05, 0) is 25.0 Å². The van der Waals surface area contributed by atoms with Crippen molar-refractivity contribution in [1.82, 2.24) is 9.47 Å². The maximum atomic E-state index is 15.7. The number of benzene rings is 2. The average Bonchev–Trinajstić information content (AvgIpc) is 3.76. The number of anilines is 2. The van der Waals surface area contributed by atoms with Gasteiger partial charge >= 0.3 is 5.97 Å². The van der Waals surface area contributed by atoms with Crippen LogP contribution >= 0.6 is 0 Å². The van der Waals surface area contributed by atoms with E-state index in [1.54, 1.807) is 9.47 Å². The van der Waals surface area contributed by atoms with Crippen LogP contribution in [0.5, 0.6) is 5.75 Å². The number of aromatic carboxylic acids is 1. The fourth-order valence-electron chi connectivity index (χ4n) is 5.62. The first-order valence-electron chi connectivity index (χ1n) is 13.0. The summed E-state index contributed by atoms with van der Waals surface area (Å²) in [5.41, 5.74) is 1.24. The Balaban J connectivity index is 1.29. The van der Waals surface area contributed by atoms with Crippen molar-refractivity contribution in [2.45, 2.75) is 18.9 Å². The number of piperazine rings is 1. The summed E-state index contributed by atoms with van der Waals surface area (Å²) in [4.78, 5) is 48.3. The highest BCUT2D eigenvalue weighted by molar-refractivity contribution is 6.54. The Labute approximate surface area is 228 Å². The van der Waals surface area contributed by atoms with Gasteiger partial charge in [0.15, 0.2) is 17.3 Å². The number of hydrogen-bond acceptors (Lipinski definition) is 8. The molecular formula is C28H28FN5O6. The molecule has 3 aliphatic rings. The number of carbonyl (C=O) groups is 2. The van der Waals surface area contributed by atoms with Crippen LogP contribution in [0.1, 0.15) is 34.8 Å². The molecule has 6 rings (SSSR count). The number of nitrogens with zero attached hydrogens (tertiary/aromatic N) is 5. The van der Waals surface area contributed by atoms with Gasteiger partial charge in [-0.2, -0.15) is 0 Å². The van der Waals surface area contributed by atoms with Crippen molar-refractivity contribution in [3.8, 4) is 5.75 Å².